The lowest BCUT2D eigenvalue weighted by molar-refractivity contribution is -0.124. The van der Waals surface area contributed by atoms with Crippen LogP contribution in [0.15, 0.2) is 0 Å². The third kappa shape index (κ3) is 3.89. The second-order valence-corrected chi connectivity index (χ2v) is 4.22. The van der Waals surface area contributed by atoms with Gasteiger partial charge in [-0.1, -0.05) is 41.0 Å². The fourth-order valence-corrected chi connectivity index (χ4v) is 1.05. The van der Waals surface area contributed by atoms with Gasteiger partial charge in [0.25, 0.3) is 0 Å². The van der Waals surface area contributed by atoms with E-state index >= 15 is 0 Å². The predicted molar refractivity (Wildman–Crippen MR) is 53.1 cm³/mol. The van der Waals surface area contributed by atoms with E-state index in [4.69, 9.17) is 0 Å². The van der Waals surface area contributed by atoms with Gasteiger partial charge in [0.2, 0.25) is 0 Å². The summed E-state index contributed by atoms with van der Waals surface area (Å²) in [5.74, 6) is 1.71. The van der Waals surface area contributed by atoms with E-state index in [1.165, 1.54) is 0 Å². The predicted octanol–water partition coefficient (Wildman–Crippen LogP) is 3.28. The van der Waals surface area contributed by atoms with Crippen LogP contribution in [0.2, 0.25) is 0 Å². The topological polar surface area (TPSA) is 17.1 Å². The third-order valence-corrected chi connectivity index (χ3v) is 2.75. The van der Waals surface area contributed by atoms with Crippen LogP contribution in [0.3, 0.4) is 0 Å². The molecule has 0 aromatic rings. The molecule has 0 fully saturated rings. The summed E-state index contributed by atoms with van der Waals surface area (Å²) >= 11 is 0. The molecule has 0 aromatic heterocycles. The Morgan fingerprint density at radius 3 is 2.00 bits per heavy atom. The van der Waals surface area contributed by atoms with Crippen molar-refractivity contribution in [1.29, 1.82) is 0 Å². The van der Waals surface area contributed by atoms with Gasteiger partial charge >= 0.3 is 0 Å². The summed E-state index contributed by atoms with van der Waals surface area (Å²) in [5.41, 5.74) is 0. The van der Waals surface area contributed by atoms with Gasteiger partial charge in [0, 0.05) is 12.3 Å². The normalized spacial score (nSPS) is 16.2. The van der Waals surface area contributed by atoms with Crippen LogP contribution in [0.5, 0.6) is 0 Å². The molecule has 0 aliphatic rings. The number of Topliss-reactive ketones (excluding diaryl/α,β-unsaturated/α-hetero) is 1. The van der Waals surface area contributed by atoms with Gasteiger partial charge in [0.05, 0.1) is 0 Å². The highest BCUT2D eigenvalue weighted by Crippen LogP contribution is 2.17. The van der Waals surface area contributed by atoms with E-state index in [9.17, 15) is 4.79 Å². The van der Waals surface area contributed by atoms with Gasteiger partial charge in [0.1, 0.15) is 5.78 Å². The van der Waals surface area contributed by atoms with Gasteiger partial charge in [-0.15, -0.1) is 0 Å². The van der Waals surface area contributed by atoms with E-state index in [0.29, 0.717) is 17.6 Å². The number of hydrogen-bond acceptors (Lipinski definition) is 1. The Hall–Kier alpha value is -0.330. The van der Waals surface area contributed by atoms with Crippen molar-refractivity contribution in [3.8, 4) is 0 Å². The van der Waals surface area contributed by atoms with Gasteiger partial charge in [-0.25, -0.2) is 0 Å². The number of carbonyl (C=O) groups is 1. The molecule has 0 radical (unpaired) electrons. The first-order chi connectivity index (χ1) is 5.49. The van der Waals surface area contributed by atoms with Gasteiger partial charge in [-0.3, -0.25) is 4.79 Å². The molecule has 72 valence electrons. The molecular formula is C11H22O. The molecule has 1 heteroatoms. The van der Waals surface area contributed by atoms with E-state index in [1.54, 1.807) is 0 Å². The number of rotatable bonds is 5. The highest BCUT2D eigenvalue weighted by Gasteiger charge is 2.17. The van der Waals surface area contributed by atoms with Crippen LogP contribution < -0.4 is 0 Å². The lowest BCUT2D eigenvalue weighted by atomic mass is 9.88. The molecule has 0 aliphatic carbocycles. The monoisotopic (exact) mass is 170 g/mol. The van der Waals surface area contributed by atoms with Crippen molar-refractivity contribution in [2.45, 2.75) is 47.5 Å². The minimum absolute atomic E-state index is 0.235. The van der Waals surface area contributed by atoms with Crippen LogP contribution in [0.1, 0.15) is 47.5 Å². The van der Waals surface area contributed by atoms with Crippen LogP contribution in [0.4, 0.5) is 0 Å². The fraction of sp³-hybridized carbons (Fsp3) is 0.909. The zero-order chi connectivity index (χ0) is 9.72. The Kier molecular flexibility index (Phi) is 5.19. The maximum atomic E-state index is 11.6. The molecule has 0 aliphatic heterocycles. The van der Waals surface area contributed by atoms with E-state index in [0.717, 1.165) is 12.8 Å². The molecular weight excluding hydrogens is 148 g/mol. The van der Waals surface area contributed by atoms with Crippen LogP contribution in [-0.4, -0.2) is 5.78 Å². The lowest BCUT2D eigenvalue weighted by Gasteiger charge is -2.16. The Balaban J connectivity index is 3.87. The maximum Gasteiger partial charge on any atom is 0.136 e. The lowest BCUT2D eigenvalue weighted by Crippen LogP contribution is -2.18. The van der Waals surface area contributed by atoms with Gasteiger partial charge in [-0.05, 0) is 11.8 Å². The molecule has 0 amide bonds. The molecule has 0 heterocycles. The summed E-state index contributed by atoms with van der Waals surface area (Å²) in [5, 5.41) is 0. The van der Waals surface area contributed by atoms with Crippen molar-refractivity contribution in [3.05, 3.63) is 0 Å². The summed E-state index contributed by atoms with van der Waals surface area (Å²) in [6.07, 6.45) is 1.87. The van der Waals surface area contributed by atoms with Crippen molar-refractivity contribution < 1.29 is 4.79 Å². The maximum absolute atomic E-state index is 11.6. The molecule has 12 heavy (non-hydrogen) atoms. The molecule has 0 bridgehead atoms. The molecule has 0 aromatic carbocycles. The summed E-state index contributed by atoms with van der Waals surface area (Å²) in [6.45, 7) is 10.5. The Morgan fingerprint density at radius 1 is 1.17 bits per heavy atom. The first-order valence-corrected chi connectivity index (χ1v) is 5.01. The highest BCUT2D eigenvalue weighted by molar-refractivity contribution is 5.81. The zero-order valence-electron chi connectivity index (χ0n) is 9.05. The summed E-state index contributed by atoms with van der Waals surface area (Å²) in [4.78, 5) is 11.6. The zero-order valence-corrected chi connectivity index (χ0v) is 9.05. The second-order valence-electron chi connectivity index (χ2n) is 4.22. The van der Waals surface area contributed by atoms with Gasteiger partial charge in [0.15, 0.2) is 0 Å². The largest absolute Gasteiger partial charge is 0.299 e. The number of ketones is 1. The van der Waals surface area contributed by atoms with Crippen molar-refractivity contribution >= 4 is 5.78 Å². The third-order valence-electron chi connectivity index (χ3n) is 2.75. The molecule has 1 nitrogen and oxygen atoms in total. The SMILES string of the molecule is CCC(C)CC(=O)C(C)C(C)C. The summed E-state index contributed by atoms with van der Waals surface area (Å²) < 4.78 is 0. The second kappa shape index (κ2) is 5.34. The van der Waals surface area contributed by atoms with E-state index < -0.39 is 0 Å². The summed E-state index contributed by atoms with van der Waals surface area (Å²) in [7, 11) is 0. The van der Waals surface area contributed by atoms with Crippen LogP contribution >= 0.6 is 0 Å². The highest BCUT2D eigenvalue weighted by atomic mass is 16.1. The van der Waals surface area contributed by atoms with Crippen molar-refractivity contribution in [2.75, 3.05) is 0 Å². The van der Waals surface area contributed by atoms with E-state index in [1.807, 2.05) is 6.92 Å². The minimum atomic E-state index is 0.235. The van der Waals surface area contributed by atoms with Crippen molar-refractivity contribution in [2.24, 2.45) is 17.8 Å². The first-order valence-electron chi connectivity index (χ1n) is 5.01. The smallest absolute Gasteiger partial charge is 0.136 e. The first kappa shape index (κ1) is 11.7. The van der Waals surface area contributed by atoms with E-state index in [-0.39, 0.29) is 5.92 Å². The fourth-order valence-electron chi connectivity index (χ4n) is 1.05. The standard InChI is InChI=1S/C11H22O/c1-6-9(4)7-11(12)10(5)8(2)3/h8-10H,6-7H2,1-5H3. The summed E-state index contributed by atoms with van der Waals surface area (Å²) in [6, 6.07) is 0. The van der Waals surface area contributed by atoms with Crippen molar-refractivity contribution in [3.63, 3.8) is 0 Å². The Labute approximate surface area is 76.6 Å². The van der Waals surface area contributed by atoms with Crippen LogP contribution in [0.25, 0.3) is 0 Å². The minimum Gasteiger partial charge on any atom is -0.299 e. The molecule has 0 saturated heterocycles. The van der Waals surface area contributed by atoms with Crippen molar-refractivity contribution in [1.82, 2.24) is 0 Å². The molecule has 0 saturated carbocycles. The molecule has 0 rings (SSSR count). The molecule has 2 unspecified atom stereocenters. The van der Waals surface area contributed by atoms with Gasteiger partial charge < -0.3 is 0 Å². The molecule has 2 atom stereocenters. The molecule has 0 N–H and O–H groups in total. The quantitative estimate of drug-likeness (QED) is 0.619. The van der Waals surface area contributed by atoms with Crippen LogP contribution in [0, 0.1) is 17.8 Å². The number of carbonyl (C=O) groups excluding carboxylic acids is 1. The Bertz CT molecular complexity index is 138. The molecule has 0 spiro atoms. The average molecular weight is 170 g/mol. The van der Waals surface area contributed by atoms with Crippen LogP contribution in [-0.2, 0) is 4.79 Å². The number of hydrogen-bond donors (Lipinski definition) is 0. The Morgan fingerprint density at radius 2 is 1.67 bits per heavy atom. The van der Waals surface area contributed by atoms with Gasteiger partial charge in [-0.2, -0.15) is 0 Å². The average Bonchev–Trinajstić information content (AvgIpc) is 2.02. The van der Waals surface area contributed by atoms with E-state index in [2.05, 4.69) is 27.7 Å².